The van der Waals surface area contributed by atoms with Crippen molar-refractivity contribution in [2.45, 2.75) is 26.3 Å². The Morgan fingerprint density at radius 2 is 1.63 bits per heavy atom. The minimum atomic E-state index is -0.841. The van der Waals surface area contributed by atoms with Gasteiger partial charge in [0.1, 0.15) is 6.04 Å². The molecule has 0 spiro atoms. The third kappa shape index (κ3) is 5.17. The van der Waals surface area contributed by atoms with Gasteiger partial charge in [-0.15, -0.1) is 0 Å². The summed E-state index contributed by atoms with van der Waals surface area (Å²) >= 11 is 0. The van der Waals surface area contributed by atoms with Crippen LogP contribution in [-0.4, -0.2) is 38.1 Å². The molecule has 0 bridgehead atoms. The lowest BCUT2D eigenvalue weighted by Crippen LogP contribution is -2.43. The number of amides is 1. The van der Waals surface area contributed by atoms with Crippen LogP contribution < -0.4 is 5.32 Å². The molecule has 0 aliphatic rings. The highest BCUT2D eigenvalue weighted by Gasteiger charge is 2.23. The van der Waals surface area contributed by atoms with Gasteiger partial charge in [0.2, 0.25) is 0 Å². The monoisotopic (exact) mass is 369 g/mol. The minimum Gasteiger partial charge on any atom is -0.467 e. The molecule has 0 aromatic heterocycles. The van der Waals surface area contributed by atoms with Crippen molar-refractivity contribution in [3.05, 3.63) is 70.3 Å². The molecule has 2 aromatic rings. The van der Waals surface area contributed by atoms with Crippen molar-refractivity contribution < 1.29 is 23.9 Å². The van der Waals surface area contributed by atoms with E-state index < -0.39 is 23.9 Å². The van der Waals surface area contributed by atoms with Crippen LogP contribution in [0.1, 0.15) is 37.4 Å². The molecule has 0 fully saturated rings. The number of hydrogen-bond acceptors (Lipinski definition) is 5. The molecule has 6 heteroatoms. The van der Waals surface area contributed by atoms with Gasteiger partial charge in [0.25, 0.3) is 5.91 Å². The van der Waals surface area contributed by atoms with E-state index in [1.54, 1.807) is 18.2 Å². The Kier molecular flexibility index (Phi) is 6.71. The number of methoxy groups -OCH3 is 2. The summed E-state index contributed by atoms with van der Waals surface area (Å²) < 4.78 is 9.49. The SMILES string of the molecule is COC(=O)c1cccc(C(=O)N[C@H](Cc2ccc(C)c(C)c2)C(=O)OC)c1. The van der Waals surface area contributed by atoms with Crippen LogP contribution in [0.3, 0.4) is 0 Å². The summed E-state index contributed by atoms with van der Waals surface area (Å²) in [5, 5.41) is 2.69. The number of aryl methyl sites for hydroxylation is 2. The van der Waals surface area contributed by atoms with Crippen molar-refractivity contribution in [3.8, 4) is 0 Å². The maximum absolute atomic E-state index is 12.6. The van der Waals surface area contributed by atoms with Gasteiger partial charge in [-0.2, -0.15) is 0 Å². The Morgan fingerprint density at radius 1 is 0.926 bits per heavy atom. The summed E-state index contributed by atoms with van der Waals surface area (Å²) in [4.78, 5) is 36.4. The Morgan fingerprint density at radius 3 is 2.26 bits per heavy atom. The molecule has 27 heavy (non-hydrogen) atoms. The van der Waals surface area contributed by atoms with Gasteiger partial charge in [-0.1, -0.05) is 24.3 Å². The molecule has 142 valence electrons. The summed E-state index contributed by atoms with van der Waals surface area (Å²) in [6.07, 6.45) is 0.302. The Labute approximate surface area is 158 Å². The summed E-state index contributed by atoms with van der Waals surface area (Å²) in [7, 11) is 2.55. The Bertz CT molecular complexity index is 859. The van der Waals surface area contributed by atoms with Gasteiger partial charge in [0.05, 0.1) is 19.8 Å². The van der Waals surface area contributed by atoms with E-state index in [4.69, 9.17) is 4.74 Å². The molecule has 1 amide bonds. The second-order valence-electron chi connectivity index (χ2n) is 6.24. The molecule has 2 aromatic carbocycles. The van der Waals surface area contributed by atoms with Crippen molar-refractivity contribution in [2.75, 3.05) is 14.2 Å². The third-order valence-corrected chi connectivity index (χ3v) is 4.35. The number of esters is 2. The van der Waals surface area contributed by atoms with Crippen molar-refractivity contribution in [3.63, 3.8) is 0 Å². The maximum Gasteiger partial charge on any atom is 0.337 e. The number of benzene rings is 2. The first-order chi connectivity index (χ1) is 12.8. The topological polar surface area (TPSA) is 81.7 Å². The largest absolute Gasteiger partial charge is 0.467 e. The lowest BCUT2D eigenvalue weighted by atomic mass is 10.0. The molecule has 0 aliphatic heterocycles. The zero-order chi connectivity index (χ0) is 20.0. The highest BCUT2D eigenvalue weighted by Crippen LogP contribution is 2.13. The molecule has 0 radical (unpaired) electrons. The van der Waals surface area contributed by atoms with Crippen molar-refractivity contribution in [1.82, 2.24) is 5.32 Å². The molecule has 0 aliphatic carbocycles. The van der Waals surface area contributed by atoms with Crippen LogP contribution in [-0.2, 0) is 20.7 Å². The number of rotatable bonds is 6. The number of carbonyl (C=O) groups excluding carboxylic acids is 3. The predicted octanol–water partition coefficient (Wildman–Crippen LogP) is 2.60. The highest BCUT2D eigenvalue weighted by atomic mass is 16.5. The fourth-order valence-corrected chi connectivity index (χ4v) is 2.65. The van der Waals surface area contributed by atoms with Crippen molar-refractivity contribution in [1.29, 1.82) is 0 Å². The highest BCUT2D eigenvalue weighted by molar-refractivity contribution is 5.99. The molecule has 0 saturated heterocycles. The van der Waals surface area contributed by atoms with Gasteiger partial charge in [-0.05, 0) is 48.7 Å². The van der Waals surface area contributed by atoms with Gasteiger partial charge in [-0.3, -0.25) is 4.79 Å². The average Bonchev–Trinajstić information content (AvgIpc) is 2.68. The predicted molar refractivity (Wildman–Crippen MR) is 101 cm³/mol. The fourth-order valence-electron chi connectivity index (χ4n) is 2.65. The summed E-state index contributed by atoms with van der Waals surface area (Å²) in [5.74, 6) is -1.55. The van der Waals surface area contributed by atoms with Crippen LogP contribution in [0, 0.1) is 13.8 Å². The van der Waals surface area contributed by atoms with Crippen molar-refractivity contribution >= 4 is 17.8 Å². The van der Waals surface area contributed by atoms with E-state index in [2.05, 4.69) is 10.1 Å². The zero-order valence-electron chi connectivity index (χ0n) is 15.9. The molecule has 0 heterocycles. The molecule has 1 atom stereocenters. The number of carbonyl (C=O) groups is 3. The van der Waals surface area contributed by atoms with E-state index in [1.807, 2.05) is 32.0 Å². The van der Waals surface area contributed by atoms with Crippen LogP contribution in [0.2, 0.25) is 0 Å². The first-order valence-corrected chi connectivity index (χ1v) is 8.49. The van der Waals surface area contributed by atoms with E-state index in [1.165, 1.54) is 20.3 Å². The first-order valence-electron chi connectivity index (χ1n) is 8.49. The van der Waals surface area contributed by atoms with E-state index in [9.17, 15) is 14.4 Å². The molecular weight excluding hydrogens is 346 g/mol. The van der Waals surface area contributed by atoms with Gasteiger partial charge in [0, 0.05) is 12.0 Å². The molecule has 2 rings (SSSR count). The third-order valence-electron chi connectivity index (χ3n) is 4.35. The lowest BCUT2D eigenvalue weighted by Gasteiger charge is -2.17. The number of nitrogens with one attached hydrogen (secondary N) is 1. The fraction of sp³-hybridized carbons (Fsp3) is 0.286. The van der Waals surface area contributed by atoms with Crippen molar-refractivity contribution in [2.24, 2.45) is 0 Å². The molecule has 1 N–H and O–H groups in total. The Balaban J connectivity index is 2.20. The minimum absolute atomic E-state index is 0.256. The maximum atomic E-state index is 12.6. The summed E-state index contributed by atoms with van der Waals surface area (Å²) in [5.41, 5.74) is 3.68. The standard InChI is InChI=1S/C21H23NO5/c1-13-8-9-15(10-14(13)2)11-18(21(25)27-4)22-19(23)16-6-5-7-17(12-16)20(24)26-3/h5-10,12,18H,11H2,1-4H3,(H,22,23)/t18-/m1/s1. The van der Waals surface area contributed by atoms with E-state index >= 15 is 0 Å². The van der Waals surface area contributed by atoms with Gasteiger partial charge in [-0.25, -0.2) is 9.59 Å². The van der Waals surface area contributed by atoms with Crippen LogP contribution in [0.25, 0.3) is 0 Å². The van der Waals surface area contributed by atoms with Crippen LogP contribution in [0.15, 0.2) is 42.5 Å². The van der Waals surface area contributed by atoms with Crippen LogP contribution in [0.5, 0.6) is 0 Å². The average molecular weight is 369 g/mol. The second-order valence-corrected chi connectivity index (χ2v) is 6.24. The molecule has 0 unspecified atom stereocenters. The van der Waals surface area contributed by atoms with E-state index in [-0.39, 0.29) is 11.1 Å². The normalized spacial score (nSPS) is 11.4. The van der Waals surface area contributed by atoms with Gasteiger partial charge in [0.15, 0.2) is 0 Å². The van der Waals surface area contributed by atoms with Crippen LogP contribution in [0.4, 0.5) is 0 Å². The van der Waals surface area contributed by atoms with E-state index in [0.29, 0.717) is 6.42 Å². The lowest BCUT2D eigenvalue weighted by molar-refractivity contribution is -0.142. The molecule has 6 nitrogen and oxygen atoms in total. The van der Waals surface area contributed by atoms with E-state index in [0.717, 1.165) is 16.7 Å². The van der Waals surface area contributed by atoms with Crippen LogP contribution >= 0.6 is 0 Å². The Hall–Kier alpha value is -3.15. The smallest absolute Gasteiger partial charge is 0.337 e. The second kappa shape index (κ2) is 8.98. The molecule has 0 saturated carbocycles. The summed E-state index contributed by atoms with van der Waals surface area (Å²) in [6, 6.07) is 11.1. The zero-order valence-corrected chi connectivity index (χ0v) is 15.9. The molecular formula is C21H23NO5. The summed E-state index contributed by atoms with van der Waals surface area (Å²) in [6.45, 7) is 4.00. The first kappa shape index (κ1) is 20.2. The van der Waals surface area contributed by atoms with Gasteiger partial charge >= 0.3 is 11.9 Å². The number of hydrogen-bond donors (Lipinski definition) is 1. The quantitative estimate of drug-likeness (QED) is 0.792. The van der Waals surface area contributed by atoms with Gasteiger partial charge < -0.3 is 14.8 Å². The number of ether oxygens (including phenoxy) is 2.